The Morgan fingerprint density at radius 1 is 0.646 bits per heavy atom. The summed E-state index contributed by atoms with van der Waals surface area (Å²) >= 11 is 0. The number of fused-ring (bicyclic) bond motifs is 12. The van der Waals surface area contributed by atoms with Gasteiger partial charge in [-0.3, -0.25) is 4.98 Å². The smallest absolute Gasteiger partial charge is 0.503 e. The molecule has 0 saturated carbocycles. The summed E-state index contributed by atoms with van der Waals surface area (Å²) in [6.07, 6.45) is 5.79. The molecule has 0 saturated heterocycles. The summed E-state index contributed by atoms with van der Waals surface area (Å²) in [5.74, 6) is 1.20. The molecule has 10 rings (SSSR count). The Labute approximate surface area is 289 Å². The van der Waals surface area contributed by atoms with Crippen LogP contribution in [0.3, 0.4) is 0 Å². The minimum absolute atomic E-state index is 0. The minimum atomic E-state index is -0.0254. The van der Waals surface area contributed by atoms with E-state index in [0.29, 0.717) is 11.5 Å². The summed E-state index contributed by atoms with van der Waals surface area (Å²) in [5, 5.41) is 7.64. The molecule has 0 amide bonds. The number of nitrogens with zero attached hydrogens (tertiary/aromatic N) is 5. The zero-order chi connectivity index (χ0) is 31.4. The Balaban J connectivity index is 0.00000314. The number of hydrogen-bond acceptors (Lipinski definition) is 4. The Bertz CT molecular complexity index is 2860. The molecule has 0 aliphatic carbocycles. The largest absolute Gasteiger partial charge is 2.00 e. The first-order valence-electron chi connectivity index (χ1n) is 15.8. The van der Waals surface area contributed by atoms with Gasteiger partial charge >= 0.3 is 20.4 Å². The van der Waals surface area contributed by atoms with Gasteiger partial charge in [0.2, 0.25) is 0 Å². The van der Waals surface area contributed by atoms with Gasteiger partial charge in [0.25, 0.3) is 0 Å². The molecule has 48 heavy (non-hydrogen) atoms. The molecule has 0 unspecified atom stereocenters. The van der Waals surface area contributed by atoms with Gasteiger partial charge in [-0.2, -0.15) is 6.07 Å². The summed E-state index contributed by atoms with van der Waals surface area (Å²) in [6.45, 7) is 6.77. The number of imidazole rings is 1. The van der Waals surface area contributed by atoms with E-state index in [1.165, 1.54) is 27.2 Å². The molecule has 7 heteroatoms. The van der Waals surface area contributed by atoms with Crippen molar-refractivity contribution < 1.29 is 25.2 Å². The molecule has 0 aliphatic rings. The fourth-order valence-electron chi connectivity index (χ4n) is 7.27. The standard InChI is InChI=1S/C41H27N5O.Pd/c1-41(2,3)33-18-20-43-40-36(33)31-12-7-11-29-28-17-15-26(22-35(28)46(40)37(29)31)47-25-14-16-27-30-13-8-19-42-38(30)45-23-34(24-9-5-4-6-10-24)44-39(45)32(27)21-25;/h4-20,23H,1-3H3;/q-2;+2. The van der Waals surface area contributed by atoms with Crippen LogP contribution in [0.2, 0.25) is 0 Å². The molecule has 0 spiro atoms. The number of rotatable bonds is 3. The fraction of sp³-hybridized carbons (Fsp3) is 0.0976. The van der Waals surface area contributed by atoms with Crippen LogP contribution in [0.1, 0.15) is 26.3 Å². The van der Waals surface area contributed by atoms with E-state index in [1.807, 2.05) is 55.0 Å². The van der Waals surface area contributed by atoms with Crippen molar-refractivity contribution >= 4 is 65.7 Å². The van der Waals surface area contributed by atoms with E-state index < -0.39 is 0 Å². The predicted molar refractivity (Wildman–Crippen MR) is 189 cm³/mol. The maximum atomic E-state index is 6.53. The van der Waals surface area contributed by atoms with E-state index in [9.17, 15) is 0 Å². The first kappa shape index (κ1) is 28.8. The molecule has 232 valence electrons. The van der Waals surface area contributed by atoms with Crippen LogP contribution in [0.5, 0.6) is 11.5 Å². The van der Waals surface area contributed by atoms with Gasteiger partial charge in [-0.1, -0.05) is 97.7 Å². The molecule has 0 aliphatic heterocycles. The molecular formula is C41H27N5OPd. The summed E-state index contributed by atoms with van der Waals surface area (Å²) in [7, 11) is 0. The molecular weight excluding hydrogens is 685 g/mol. The number of ether oxygens (including phenoxy) is 1. The van der Waals surface area contributed by atoms with Gasteiger partial charge in [-0.05, 0) is 33.9 Å². The molecule has 10 aromatic rings. The van der Waals surface area contributed by atoms with Gasteiger partial charge < -0.3 is 13.5 Å². The summed E-state index contributed by atoms with van der Waals surface area (Å²) in [5.41, 5.74) is 7.89. The van der Waals surface area contributed by atoms with Gasteiger partial charge in [0.1, 0.15) is 11.3 Å². The van der Waals surface area contributed by atoms with Crippen molar-refractivity contribution in [3.63, 3.8) is 0 Å². The van der Waals surface area contributed by atoms with Crippen LogP contribution in [0.15, 0.2) is 110 Å². The average molecular weight is 712 g/mol. The predicted octanol–water partition coefficient (Wildman–Crippen LogP) is 9.94. The summed E-state index contributed by atoms with van der Waals surface area (Å²) in [4.78, 5) is 14.7. The Morgan fingerprint density at radius 3 is 2.23 bits per heavy atom. The maximum Gasteiger partial charge on any atom is 2.00 e. The van der Waals surface area contributed by atoms with Crippen molar-refractivity contribution in [1.82, 2.24) is 23.8 Å². The summed E-state index contributed by atoms with van der Waals surface area (Å²) < 4.78 is 10.8. The molecule has 0 radical (unpaired) electrons. The molecule has 6 nitrogen and oxygen atoms in total. The number of hydrogen-bond donors (Lipinski definition) is 0. The first-order chi connectivity index (χ1) is 22.9. The SMILES string of the molecule is CC(C)(C)c1ccnc2c1c1cccc3c4ccc(Oc5[c-]c6c(cc5)c5cccnc5n5cc(-c7ccccc7)nc65)[c-]c4n2c31.[Pd+2]. The topological polar surface area (TPSA) is 56.7 Å². The van der Waals surface area contributed by atoms with Gasteiger partial charge in [0, 0.05) is 51.9 Å². The van der Waals surface area contributed by atoms with Crippen LogP contribution in [-0.2, 0) is 25.8 Å². The third-order valence-electron chi connectivity index (χ3n) is 9.33. The number of aromatic nitrogens is 5. The van der Waals surface area contributed by atoms with Crippen molar-refractivity contribution in [2.24, 2.45) is 0 Å². The second kappa shape index (κ2) is 10.3. The van der Waals surface area contributed by atoms with Gasteiger partial charge in [0.05, 0.1) is 11.3 Å². The van der Waals surface area contributed by atoms with Crippen molar-refractivity contribution in [3.8, 4) is 22.8 Å². The van der Waals surface area contributed by atoms with Crippen molar-refractivity contribution in [2.45, 2.75) is 26.2 Å². The average Bonchev–Trinajstić information content (AvgIpc) is 3.78. The molecule has 0 atom stereocenters. The zero-order valence-electron chi connectivity index (χ0n) is 26.4. The quantitative estimate of drug-likeness (QED) is 0.104. The fourth-order valence-corrected chi connectivity index (χ4v) is 7.27. The van der Waals surface area contributed by atoms with Crippen molar-refractivity contribution in [3.05, 3.63) is 127 Å². The third kappa shape index (κ3) is 4.05. The molecule has 0 bridgehead atoms. The summed E-state index contributed by atoms with van der Waals surface area (Å²) in [6, 6.07) is 38.3. The van der Waals surface area contributed by atoms with Crippen LogP contribution in [-0.4, -0.2) is 23.8 Å². The Kier molecular flexibility index (Phi) is 6.20. The first-order valence-corrected chi connectivity index (χ1v) is 15.8. The van der Waals surface area contributed by atoms with Crippen molar-refractivity contribution in [2.75, 3.05) is 0 Å². The van der Waals surface area contributed by atoms with E-state index in [0.717, 1.165) is 55.3 Å². The molecule has 0 fully saturated rings. The van der Waals surface area contributed by atoms with Crippen LogP contribution >= 0.6 is 0 Å². The zero-order valence-corrected chi connectivity index (χ0v) is 27.9. The van der Waals surface area contributed by atoms with Crippen LogP contribution in [0, 0.1) is 12.1 Å². The van der Waals surface area contributed by atoms with Crippen LogP contribution in [0.25, 0.3) is 76.9 Å². The Morgan fingerprint density at radius 2 is 1.40 bits per heavy atom. The van der Waals surface area contributed by atoms with Crippen LogP contribution in [0.4, 0.5) is 0 Å². The number of para-hydroxylation sites is 1. The monoisotopic (exact) mass is 711 g/mol. The number of benzene rings is 4. The second-order valence-electron chi connectivity index (χ2n) is 13.2. The van der Waals surface area contributed by atoms with Crippen molar-refractivity contribution in [1.29, 1.82) is 0 Å². The van der Waals surface area contributed by atoms with E-state index in [2.05, 4.69) is 96.3 Å². The van der Waals surface area contributed by atoms with E-state index in [1.54, 1.807) is 0 Å². The Hall–Kier alpha value is -5.35. The van der Waals surface area contributed by atoms with Crippen LogP contribution < -0.4 is 4.74 Å². The second-order valence-corrected chi connectivity index (χ2v) is 13.2. The van der Waals surface area contributed by atoms with Gasteiger partial charge in [0.15, 0.2) is 0 Å². The third-order valence-corrected chi connectivity index (χ3v) is 9.33. The van der Waals surface area contributed by atoms with E-state index in [4.69, 9.17) is 19.7 Å². The van der Waals surface area contributed by atoms with E-state index >= 15 is 0 Å². The number of pyridine rings is 3. The normalized spacial score (nSPS) is 12.3. The minimum Gasteiger partial charge on any atom is -0.503 e. The van der Waals surface area contributed by atoms with E-state index in [-0.39, 0.29) is 25.8 Å². The molecule has 0 N–H and O–H groups in total. The maximum absolute atomic E-state index is 6.53. The molecule has 6 aromatic heterocycles. The molecule has 6 heterocycles. The molecule has 4 aromatic carbocycles. The van der Waals surface area contributed by atoms with Gasteiger partial charge in [-0.15, -0.1) is 29.7 Å². The van der Waals surface area contributed by atoms with Gasteiger partial charge in [-0.25, -0.2) is 9.97 Å².